The molecule has 7 heteroatoms. The molecule has 0 radical (unpaired) electrons. The van der Waals surface area contributed by atoms with E-state index in [1.54, 1.807) is 12.3 Å². The Labute approximate surface area is 145 Å². The van der Waals surface area contributed by atoms with Gasteiger partial charge in [0.25, 0.3) is 0 Å². The van der Waals surface area contributed by atoms with Crippen molar-refractivity contribution in [2.75, 3.05) is 18.9 Å². The average molecular weight is 337 g/mol. The van der Waals surface area contributed by atoms with Crippen LogP contribution in [0.3, 0.4) is 0 Å². The highest BCUT2D eigenvalue weighted by Crippen LogP contribution is 2.28. The molecule has 2 N–H and O–H groups in total. The van der Waals surface area contributed by atoms with Gasteiger partial charge in [0.2, 0.25) is 0 Å². The van der Waals surface area contributed by atoms with Gasteiger partial charge in [-0.15, -0.1) is 0 Å². The number of aromatic nitrogens is 4. The molecule has 1 aliphatic rings. The summed E-state index contributed by atoms with van der Waals surface area (Å²) in [5, 5.41) is 4.44. The van der Waals surface area contributed by atoms with Gasteiger partial charge in [-0.3, -0.25) is 9.67 Å². The van der Waals surface area contributed by atoms with E-state index in [9.17, 15) is 0 Å². The Hall–Kier alpha value is -2.93. The number of rotatable bonds is 4. The summed E-state index contributed by atoms with van der Waals surface area (Å²) in [6.45, 7) is 3.36. The monoisotopic (exact) mass is 337 g/mol. The van der Waals surface area contributed by atoms with Crippen molar-refractivity contribution in [1.29, 1.82) is 0 Å². The van der Waals surface area contributed by atoms with Crippen molar-refractivity contribution in [2.45, 2.75) is 19.4 Å². The van der Waals surface area contributed by atoms with Gasteiger partial charge in [-0.2, -0.15) is 5.10 Å². The van der Waals surface area contributed by atoms with E-state index in [0.717, 1.165) is 30.0 Å². The van der Waals surface area contributed by atoms with Crippen molar-refractivity contribution in [2.24, 2.45) is 0 Å². The number of aryl methyl sites for hydroxylation is 1. The molecule has 0 spiro atoms. The first-order chi connectivity index (χ1) is 12.2. The molecule has 0 aliphatic carbocycles. The first-order valence-corrected chi connectivity index (χ1v) is 8.18. The minimum Gasteiger partial charge on any atom is -0.455 e. The van der Waals surface area contributed by atoms with Crippen LogP contribution in [0.5, 0.6) is 11.5 Å². The molecule has 1 saturated heterocycles. The lowest BCUT2D eigenvalue weighted by molar-refractivity contribution is 0.184. The van der Waals surface area contributed by atoms with Gasteiger partial charge in [-0.25, -0.2) is 4.98 Å². The van der Waals surface area contributed by atoms with E-state index >= 15 is 0 Å². The standard InChI is InChI=1S/C18H19N5O2/c1-12-17(2-3-18(19)22-12)25-15-4-6-20-16(8-15)13-9-21-23(10-13)14-5-7-24-11-14/h2-4,6,8-10,14H,5,7,11H2,1H3,(H2,19,22)/t14-/m0/s1. The molecule has 3 aromatic heterocycles. The van der Waals surface area contributed by atoms with Gasteiger partial charge in [0.1, 0.15) is 17.3 Å². The number of anilines is 1. The zero-order chi connectivity index (χ0) is 17.2. The summed E-state index contributed by atoms with van der Waals surface area (Å²) in [6, 6.07) is 7.54. The molecule has 4 rings (SSSR count). The minimum absolute atomic E-state index is 0.302. The molecule has 3 aromatic rings. The SMILES string of the molecule is Cc1nc(N)ccc1Oc1ccnc(-c2cnn([C@H]3CCOC3)c2)c1. The van der Waals surface area contributed by atoms with Crippen molar-refractivity contribution < 1.29 is 9.47 Å². The maximum Gasteiger partial charge on any atom is 0.148 e. The number of hydrogen-bond donors (Lipinski definition) is 1. The Bertz CT molecular complexity index is 887. The highest BCUT2D eigenvalue weighted by Gasteiger charge is 2.18. The third kappa shape index (κ3) is 3.32. The van der Waals surface area contributed by atoms with Gasteiger partial charge in [-0.05, 0) is 31.5 Å². The van der Waals surface area contributed by atoms with E-state index in [-0.39, 0.29) is 0 Å². The number of hydrogen-bond acceptors (Lipinski definition) is 6. The molecule has 0 aromatic carbocycles. The highest BCUT2D eigenvalue weighted by molar-refractivity contribution is 5.59. The Morgan fingerprint density at radius 3 is 3.04 bits per heavy atom. The molecule has 0 bridgehead atoms. The number of pyridine rings is 2. The number of nitrogens with zero attached hydrogens (tertiary/aromatic N) is 4. The molecule has 1 atom stereocenters. The first kappa shape index (κ1) is 15.6. The van der Waals surface area contributed by atoms with Crippen LogP contribution in [0.2, 0.25) is 0 Å². The third-order valence-corrected chi connectivity index (χ3v) is 4.20. The molecule has 25 heavy (non-hydrogen) atoms. The third-order valence-electron chi connectivity index (χ3n) is 4.20. The van der Waals surface area contributed by atoms with Crippen LogP contribution < -0.4 is 10.5 Å². The van der Waals surface area contributed by atoms with Crippen molar-refractivity contribution in [1.82, 2.24) is 19.7 Å². The Morgan fingerprint density at radius 1 is 1.32 bits per heavy atom. The van der Waals surface area contributed by atoms with Crippen molar-refractivity contribution in [3.05, 3.63) is 48.5 Å². The summed E-state index contributed by atoms with van der Waals surface area (Å²) in [7, 11) is 0. The fourth-order valence-electron chi connectivity index (χ4n) is 2.84. The van der Waals surface area contributed by atoms with Crippen molar-refractivity contribution in [3.63, 3.8) is 0 Å². The maximum atomic E-state index is 5.93. The number of ether oxygens (including phenoxy) is 2. The Morgan fingerprint density at radius 2 is 2.24 bits per heavy atom. The molecular formula is C18H19N5O2. The smallest absolute Gasteiger partial charge is 0.148 e. The predicted molar refractivity (Wildman–Crippen MR) is 93.4 cm³/mol. The topological polar surface area (TPSA) is 88.1 Å². The lowest BCUT2D eigenvalue weighted by Gasteiger charge is -2.09. The molecule has 1 fully saturated rings. The summed E-state index contributed by atoms with van der Waals surface area (Å²) in [5.74, 6) is 1.84. The lowest BCUT2D eigenvalue weighted by Crippen LogP contribution is -2.08. The molecular weight excluding hydrogens is 318 g/mol. The van der Waals surface area contributed by atoms with Crippen LogP contribution in [0, 0.1) is 6.92 Å². The average Bonchev–Trinajstić information content (AvgIpc) is 3.28. The molecule has 128 valence electrons. The molecule has 0 amide bonds. The molecule has 0 unspecified atom stereocenters. The summed E-state index contributed by atoms with van der Waals surface area (Å²) >= 11 is 0. The summed E-state index contributed by atoms with van der Waals surface area (Å²) < 4.78 is 13.3. The van der Waals surface area contributed by atoms with Crippen molar-refractivity contribution >= 4 is 5.82 Å². The van der Waals surface area contributed by atoms with E-state index in [2.05, 4.69) is 15.1 Å². The van der Waals surface area contributed by atoms with Gasteiger partial charge in [0.15, 0.2) is 0 Å². The van der Waals surface area contributed by atoms with Crippen LogP contribution in [0.15, 0.2) is 42.9 Å². The molecule has 4 heterocycles. The summed E-state index contributed by atoms with van der Waals surface area (Å²) in [4.78, 5) is 8.64. The van der Waals surface area contributed by atoms with Gasteiger partial charge >= 0.3 is 0 Å². The quantitative estimate of drug-likeness (QED) is 0.787. The van der Waals surface area contributed by atoms with Crippen LogP contribution in [-0.2, 0) is 4.74 Å². The van der Waals surface area contributed by atoms with Crippen molar-refractivity contribution in [3.8, 4) is 22.8 Å². The van der Waals surface area contributed by atoms with Crippen LogP contribution >= 0.6 is 0 Å². The Balaban J connectivity index is 1.57. The second-order valence-corrected chi connectivity index (χ2v) is 6.02. The van der Waals surface area contributed by atoms with Crippen LogP contribution in [0.25, 0.3) is 11.3 Å². The van der Waals surface area contributed by atoms with E-state index in [1.807, 2.05) is 42.2 Å². The fraction of sp³-hybridized carbons (Fsp3) is 0.278. The maximum absolute atomic E-state index is 5.93. The fourth-order valence-corrected chi connectivity index (χ4v) is 2.84. The van der Waals surface area contributed by atoms with E-state index in [0.29, 0.717) is 30.0 Å². The summed E-state index contributed by atoms with van der Waals surface area (Å²) in [5.41, 5.74) is 8.18. The number of nitrogens with two attached hydrogens (primary N) is 1. The van der Waals surface area contributed by atoms with Gasteiger partial charge < -0.3 is 15.2 Å². The van der Waals surface area contributed by atoms with Gasteiger partial charge in [-0.1, -0.05) is 0 Å². The molecule has 7 nitrogen and oxygen atoms in total. The zero-order valence-electron chi connectivity index (χ0n) is 13.9. The minimum atomic E-state index is 0.302. The van der Waals surface area contributed by atoms with E-state index in [1.165, 1.54) is 0 Å². The molecule has 0 saturated carbocycles. The predicted octanol–water partition coefficient (Wildman–Crippen LogP) is 2.98. The zero-order valence-corrected chi connectivity index (χ0v) is 13.9. The van der Waals surface area contributed by atoms with Crippen LogP contribution in [0.4, 0.5) is 5.82 Å². The highest BCUT2D eigenvalue weighted by atomic mass is 16.5. The second kappa shape index (κ2) is 6.52. The van der Waals surface area contributed by atoms with Gasteiger partial charge in [0, 0.05) is 30.6 Å². The van der Waals surface area contributed by atoms with Crippen LogP contribution in [-0.4, -0.2) is 33.0 Å². The Kier molecular flexibility index (Phi) is 4.07. The van der Waals surface area contributed by atoms with E-state index in [4.69, 9.17) is 15.2 Å². The molecule has 1 aliphatic heterocycles. The van der Waals surface area contributed by atoms with Gasteiger partial charge in [0.05, 0.1) is 30.2 Å². The lowest BCUT2D eigenvalue weighted by atomic mass is 10.2. The summed E-state index contributed by atoms with van der Waals surface area (Å²) in [6.07, 6.45) is 6.53. The first-order valence-electron chi connectivity index (χ1n) is 8.18. The largest absolute Gasteiger partial charge is 0.455 e. The van der Waals surface area contributed by atoms with E-state index < -0.39 is 0 Å². The number of nitrogen functional groups attached to an aromatic ring is 1. The normalized spacial score (nSPS) is 16.9. The second-order valence-electron chi connectivity index (χ2n) is 6.02. The van der Waals surface area contributed by atoms with Crippen LogP contribution in [0.1, 0.15) is 18.2 Å².